The molecule has 1 atom stereocenters. The minimum Gasteiger partial charge on any atom is -0.382 e. The highest BCUT2D eigenvalue weighted by molar-refractivity contribution is 6.32. The fourth-order valence-corrected chi connectivity index (χ4v) is 5.20. The van der Waals surface area contributed by atoms with Gasteiger partial charge in [0.15, 0.2) is 0 Å². The van der Waals surface area contributed by atoms with Gasteiger partial charge in [0.2, 0.25) is 0 Å². The summed E-state index contributed by atoms with van der Waals surface area (Å²) in [5, 5.41) is 7.72. The first-order valence-corrected chi connectivity index (χ1v) is 14.1. The minimum atomic E-state index is -0.533. The van der Waals surface area contributed by atoms with Crippen molar-refractivity contribution in [2.75, 3.05) is 38.2 Å². The van der Waals surface area contributed by atoms with E-state index in [9.17, 15) is 18.0 Å². The number of hydrogen-bond donors (Lipinski definition) is 1. The van der Waals surface area contributed by atoms with Crippen molar-refractivity contribution in [3.05, 3.63) is 92.1 Å². The van der Waals surface area contributed by atoms with Gasteiger partial charge >= 0.3 is 0 Å². The first-order chi connectivity index (χ1) is 19.2. The van der Waals surface area contributed by atoms with E-state index in [1.54, 1.807) is 19.2 Å². The standard InChI is InChI=1S/C22H27ClF2N4O2.C8H9F/c23-21-20(26-11-15-3-2-10-31-14-15)12-27-29(22(21)30)16-6-8-28(9-7-16)13-17-18(24)4-1-5-19(17)25;1-6-4-3-5-8(9)7(6)2/h1,4-5,12,15-16,26H,2-3,6-11,13-14H2;3-5H,1-2H3. The first kappa shape index (κ1) is 30.1. The van der Waals surface area contributed by atoms with E-state index in [1.807, 2.05) is 17.9 Å². The summed E-state index contributed by atoms with van der Waals surface area (Å²) in [6.07, 6.45) is 5.05. The fourth-order valence-electron chi connectivity index (χ4n) is 5.00. The zero-order valence-corrected chi connectivity index (χ0v) is 23.7. The molecule has 1 N–H and O–H groups in total. The Labute approximate surface area is 238 Å². The van der Waals surface area contributed by atoms with E-state index >= 15 is 0 Å². The van der Waals surface area contributed by atoms with E-state index < -0.39 is 11.6 Å². The number of ether oxygens (including phenoxy) is 1. The third kappa shape index (κ3) is 7.65. The highest BCUT2D eigenvalue weighted by atomic mass is 35.5. The molecule has 0 radical (unpaired) electrons. The Hall–Kier alpha value is -2.88. The SMILES string of the molecule is Cc1cccc(F)c1C.O=c1c(Cl)c(NCC2CCCOC2)cnn1C1CCN(Cc2c(F)cccc2F)CC1. The number of benzene rings is 2. The normalized spacial score (nSPS) is 18.2. The predicted molar refractivity (Wildman–Crippen MR) is 151 cm³/mol. The van der Waals surface area contributed by atoms with Crippen LogP contribution >= 0.6 is 11.6 Å². The molecule has 3 aromatic rings. The van der Waals surface area contributed by atoms with Crippen LogP contribution in [0.5, 0.6) is 0 Å². The topological polar surface area (TPSA) is 59.4 Å². The van der Waals surface area contributed by atoms with Crippen molar-refractivity contribution < 1.29 is 17.9 Å². The lowest BCUT2D eigenvalue weighted by Crippen LogP contribution is -2.38. The third-order valence-corrected chi connectivity index (χ3v) is 8.03. The summed E-state index contributed by atoms with van der Waals surface area (Å²) in [5.74, 6) is -0.782. The Bertz CT molecular complexity index is 1300. The number of nitrogens with zero attached hydrogens (tertiary/aromatic N) is 3. The van der Waals surface area contributed by atoms with Gasteiger partial charge in [-0.3, -0.25) is 9.69 Å². The average Bonchev–Trinajstić information content (AvgIpc) is 2.96. The monoisotopic (exact) mass is 576 g/mol. The van der Waals surface area contributed by atoms with Crippen LogP contribution in [0.4, 0.5) is 18.9 Å². The van der Waals surface area contributed by atoms with Crippen molar-refractivity contribution in [1.82, 2.24) is 14.7 Å². The van der Waals surface area contributed by atoms with Gasteiger partial charge in [-0.15, -0.1) is 0 Å². The second-order valence-corrected chi connectivity index (χ2v) is 10.9. The Morgan fingerprint density at radius 3 is 2.33 bits per heavy atom. The maximum absolute atomic E-state index is 13.9. The maximum atomic E-state index is 13.9. The molecule has 3 heterocycles. The van der Waals surface area contributed by atoms with Gasteiger partial charge in [0.05, 0.1) is 24.5 Å². The lowest BCUT2D eigenvalue weighted by atomic mass is 10.0. The highest BCUT2D eigenvalue weighted by Gasteiger charge is 2.25. The van der Waals surface area contributed by atoms with Crippen molar-refractivity contribution in [3.8, 4) is 0 Å². The molecule has 0 spiro atoms. The Morgan fingerprint density at radius 2 is 1.70 bits per heavy atom. The molecule has 2 aliphatic rings. The Balaban J connectivity index is 0.000000350. The van der Waals surface area contributed by atoms with Crippen LogP contribution in [-0.4, -0.2) is 47.5 Å². The van der Waals surface area contributed by atoms with E-state index in [0.717, 1.165) is 30.6 Å². The van der Waals surface area contributed by atoms with Crippen LogP contribution in [0.1, 0.15) is 48.4 Å². The van der Waals surface area contributed by atoms with Gasteiger partial charge in [0.25, 0.3) is 5.56 Å². The molecule has 2 fully saturated rings. The number of likely N-dealkylation sites (tertiary alicyclic amines) is 1. The van der Waals surface area contributed by atoms with Crippen LogP contribution in [0.2, 0.25) is 5.02 Å². The third-order valence-electron chi connectivity index (χ3n) is 7.66. The van der Waals surface area contributed by atoms with Crippen molar-refractivity contribution in [1.29, 1.82) is 0 Å². The van der Waals surface area contributed by atoms with Gasteiger partial charge in [0, 0.05) is 38.3 Å². The molecule has 0 aliphatic carbocycles. The highest BCUT2D eigenvalue weighted by Crippen LogP contribution is 2.25. The molecule has 0 amide bonds. The zero-order valence-electron chi connectivity index (χ0n) is 22.9. The van der Waals surface area contributed by atoms with E-state index in [0.29, 0.717) is 50.7 Å². The van der Waals surface area contributed by atoms with E-state index in [-0.39, 0.29) is 34.5 Å². The number of aryl methyl sites for hydroxylation is 1. The second-order valence-electron chi connectivity index (χ2n) is 10.5. The molecule has 1 unspecified atom stereocenters. The number of rotatable bonds is 6. The molecule has 10 heteroatoms. The molecular weight excluding hydrogens is 541 g/mol. The van der Waals surface area contributed by atoms with Gasteiger partial charge in [-0.1, -0.05) is 29.8 Å². The van der Waals surface area contributed by atoms with E-state index in [4.69, 9.17) is 16.3 Å². The predicted octanol–water partition coefficient (Wildman–Crippen LogP) is 6.29. The molecule has 1 aromatic heterocycles. The molecule has 40 heavy (non-hydrogen) atoms. The molecule has 6 nitrogen and oxygen atoms in total. The summed E-state index contributed by atoms with van der Waals surface area (Å²) < 4.78 is 47.3. The van der Waals surface area contributed by atoms with Crippen molar-refractivity contribution >= 4 is 17.3 Å². The molecule has 2 aromatic carbocycles. The summed E-state index contributed by atoms with van der Waals surface area (Å²) in [5.41, 5.74) is 2.07. The fraction of sp³-hybridized carbons (Fsp3) is 0.467. The van der Waals surface area contributed by atoms with E-state index in [2.05, 4.69) is 10.4 Å². The van der Waals surface area contributed by atoms with Crippen LogP contribution in [0.25, 0.3) is 0 Å². The van der Waals surface area contributed by atoms with Crippen molar-refractivity contribution in [2.24, 2.45) is 5.92 Å². The summed E-state index contributed by atoms with van der Waals surface area (Å²) in [6.45, 7) is 7.34. The van der Waals surface area contributed by atoms with Crippen LogP contribution < -0.4 is 10.9 Å². The molecule has 216 valence electrons. The summed E-state index contributed by atoms with van der Waals surface area (Å²) in [4.78, 5) is 14.8. The van der Waals surface area contributed by atoms with Crippen LogP contribution in [0.15, 0.2) is 47.4 Å². The van der Waals surface area contributed by atoms with Crippen LogP contribution in [-0.2, 0) is 11.3 Å². The van der Waals surface area contributed by atoms with Crippen molar-refractivity contribution in [3.63, 3.8) is 0 Å². The van der Waals surface area contributed by atoms with Crippen LogP contribution in [0.3, 0.4) is 0 Å². The summed E-state index contributed by atoms with van der Waals surface area (Å²) in [6, 6.07) is 8.91. The zero-order chi connectivity index (χ0) is 28.6. The van der Waals surface area contributed by atoms with Gasteiger partial charge in [0.1, 0.15) is 22.5 Å². The first-order valence-electron chi connectivity index (χ1n) is 13.7. The average molecular weight is 577 g/mol. The number of piperidine rings is 1. The molecule has 0 bridgehead atoms. The quantitative estimate of drug-likeness (QED) is 0.374. The minimum absolute atomic E-state index is 0.0816. The van der Waals surface area contributed by atoms with Crippen molar-refractivity contribution in [2.45, 2.75) is 52.1 Å². The number of aromatic nitrogens is 2. The van der Waals surface area contributed by atoms with Gasteiger partial charge in [-0.2, -0.15) is 5.10 Å². The lowest BCUT2D eigenvalue weighted by Gasteiger charge is -2.32. The molecule has 2 aliphatic heterocycles. The molecule has 0 saturated carbocycles. The smallest absolute Gasteiger partial charge is 0.287 e. The number of hydrogen-bond acceptors (Lipinski definition) is 5. The van der Waals surface area contributed by atoms with Gasteiger partial charge in [-0.25, -0.2) is 17.9 Å². The van der Waals surface area contributed by atoms with Gasteiger partial charge < -0.3 is 10.1 Å². The second kappa shape index (κ2) is 14.1. The number of anilines is 1. The summed E-state index contributed by atoms with van der Waals surface area (Å²) in [7, 11) is 0. The molecule has 2 saturated heterocycles. The molecule has 5 rings (SSSR count). The largest absolute Gasteiger partial charge is 0.382 e. The van der Waals surface area contributed by atoms with Crippen LogP contribution in [0, 0.1) is 37.2 Å². The van der Waals surface area contributed by atoms with Gasteiger partial charge in [-0.05, 0) is 74.8 Å². The number of halogens is 4. The van der Waals surface area contributed by atoms with E-state index in [1.165, 1.54) is 28.9 Å². The Morgan fingerprint density at radius 1 is 1.02 bits per heavy atom. The summed E-state index contributed by atoms with van der Waals surface area (Å²) >= 11 is 6.35. The maximum Gasteiger partial charge on any atom is 0.287 e. The number of nitrogens with one attached hydrogen (secondary N) is 1. The molecular formula is C30H36ClF3N4O2. The lowest BCUT2D eigenvalue weighted by molar-refractivity contribution is 0.0595. The Kier molecular flexibility index (Phi) is 10.6.